The molecule has 0 aliphatic carbocycles. The maximum atomic E-state index is 5.51. The molecule has 0 spiro atoms. The molecule has 0 aliphatic rings. The van der Waals surface area contributed by atoms with E-state index in [1.165, 1.54) is 83.1 Å². The van der Waals surface area contributed by atoms with Crippen molar-refractivity contribution in [3.8, 4) is 0 Å². The van der Waals surface area contributed by atoms with Crippen molar-refractivity contribution in [3.05, 3.63) is 274 Å². The van der Waals surface area contributed by atoms with Crippen molar-refractivity contribution in [1.82, 2.24) is 0 Å². The number of nitrogens with two attached hydrogens (primary N) is 1. The highest BCUT2D eigenvalue weighted by Crippen LogP contribution is 2.41. The Morgan fingerprint density at radius 3 is 1.86 bits per heavy atom. The van der Waals surface area contributed by atoms with Crippen LogP contribution in [0.15, 0.2) is 219 Å². The summed E-state index contributed by atoms with van der Waals surface area (Å²) in [6.45, 7) is 34.0. The molecular weight excluding hydrogens is 867 g/mol. The molecule has 0 saturated heterocycles. The molecule has 2 unspecified atom stereocenters. The molecule has 0 aromatic heterocycles. The lowest BCUT2D eigenvalue weighted by Crippen LogP contribution is -2.05. The lowest BCUT2D eigenvalue weighted by molar-refractivity contribution is 0.732. The monoisotopic (exact) mass is 954 g/mol. The first kappa shape index (κ1) is 59.3. The summed E-state index contributed by atoms with van der Waals surface area (Å²) in [7, 11) is 0. The summed E-state index contributed by atoms with van der Waals surface area (Å²) in [5.41, 5.74) is 24.3. The van der Waals surface area contributed by atoms with Crippen LogP contribution in [-0.2, 0) is 12.8 Å². The third-order valence-electron chi connectivity index (χ3n) is 12.9. The maximum absolute atomic E-state index is 5.51. The van der Waals surface area contributed by atoms with Gasteiger partial charge in [-0.15, -0.1) is 0 Å². The number of rotatable bonds is 16. The van der Waals surface area contributed by atoms with Gasteiger partial charge < -0.3 is 5.73 Å². The van der Waals surface area contributed by atoms with Crippen LogP contribution in [0.3, 0.4) is 0 Å². The lowest BCUT2D eigenvalue weighted by atomic mass is 9.79. The molecule has 7 aromatic rings. The summed E-state index contributed by atoms with van der Waals surface area (Å²) in [5.74, 6) is 0.804. The highest BCUT2D eigenvalue weighted by atomic mass is 14.5. The van der Waals surface area contributed by atoms with E-state index in [0.717, 1.165) is 37.7 Å². The molecule has 376 valence electrons. The lowest BCUT2D eigenvalue weighted by Gasteiger charge is -2.24. The first-order valence-electron chi connectivity index (χ1n) is 26.7. The summed E-state index contributed by atoms with van der Waals surface area (Å²) in [6, 6.07) is 60.7. The van der Waals surface area contributed by atoms with Crippen molar-refractivity contribution in [3.63, 3.8) is 0 Å². The molecule has 72 heavy (non-hydrogen) atoms. The topological polar surface area (TPSA) is 26.0 Å². The van der Waals surface area contributed by atoms with Crippen molar-refractivity contribution >= 4 is 33.6 Å². The second-order valence-electron chi connectivity index (χ2n) is 17.9. The van der Waals surface area contributed by atoms with Crippen LogP contribution in [-0.4, -0.2) is 0 Å². The Morgan fingerprint density at radius 2 is 1.25 bits per heavy atom. The van der Waals surface area contributed by atoms with Gasteiger partial charge in [0.2, 0.25) is 0 Å². The molecule has 1 heteroatoms. The normalized spacial score (nSPS) is 12.1. The summed E-state index contributed by atoms with van der Waals surface area (Å²) < 4.78 is 0. The number of hydrogen-bond donors (Lipinski definition) is 1. The largest absolute Gasteiger partial charge is 0.399 e. The third kappa shape index (κ3) is 18.0. The molecule has 0 aliphatic heterocycles. The molecule has 2 N–H and O–H groups in total. The SMILES string of the molecule is C/C(=C\Cc1ccccc1)c1ccccc1.C=C(/C=C(\C(C)=C/C)c1c(C(CC)c2ccccc2)ccc2ccccc12)c1ccccc1C(C)CC.C=C(N)C=Cc1ccc(C)cc1CCC.CC.CC. The zero-order chi connectivity index (χ0) is 52.8. The quantitative estimate of drug-likeness (QED) is 0.0960. The van der Waals surface area contributed by atoms with Gasteiger partial charge in [0.25, 0.3) is 0 Å². The van der Waals surface area contributed by atoms with Crippen LogP contribution >= 0.6 is 0 Å². The Labute approximate surface area is 438 Å². The number of allylic oxidation sites excluding steroid dienone is 8. The first-order valence-corrected chi connectivity index (χ1v) is 26.7. The molecule has 0 bridgehead atoms. The van der Waals surface area contributed by atoms with Gasteiger partial charge >= 0.3 is 0 Å². The van der Waals surface area contributed by atoms with E-state index in [2.05, 4.69) is 251 Å². The first-order chi connectivity index (χ1) is 35.0. The summed E-state index contributed by atoms with van der Waals surface area (Å²) in [6.07, 6.45) is 16.1. The Balaban J connectivity index is 0.000000322. The molecular formula is C71H87N. The van der Waals surface area contributed by atoms with Crippen molar-refractivity contribution in [2.45, 2.75) is 127 Å². The van der Waals surface area contributed by atoms with Crippen LogP contribution in [0.4, 0.5) is 0 Å². The molecule has 0 heterocycles. The van der Waals surface area contributed by atoms with Crippen LogP contribution in [0.5, 0.6) is 0 Å². The Bertz CT molecular complexity index is 2810. The van der Waals surface area contributed by atoms with Gasteiger partial charge in [-0.1, -0.05) is 269 Å². The summed E-state index contributed by atoms with van der Waals surface area (Å²) in [4.78, 5) is 0. The zero-order valence-electron chi connectivity index (χ0n) is 46.2. The highest BCUT2D eigenvalue weighted by Gasteiger charge is 2.22. The molecule has 0 saturated carbocycles. The van der Waals surface area contributed by atoms with Crippen LogP contribution < -0.4 is 5.73 Å². The van der Waals surface area contributed by atoms with Crippen LogP contribution in [0.25, 0.3) is 33.6 Å². The van der Waals surface area contributed by atoms with E-state index >= 15 is 0 Å². The standard InChI is InChI=1S/C37H40.C16H16.C14H19N.2C2H6/c1-7-26(4)32-20-15-16-21-33(32)28(6)25-36(27(5)8-2)37-34-22-14-13-19-30(34)23-24-35(37)31(9-3)29-17-11-10-12-18-29;1-14(16-10-6-3-7-11-16)12-13-15-8-4-2-5-9-15;1-4-5-14-10-11(2)6-8-13(14)9-7-12(3)15;2*1-2/h8,10-26,31H,6-7,9H2,1-5H3;2-12H,13H2,1H3;6-10H,3-5,15H2,1-2H3;2*1-2H3/b27-8-,36-25+;14-12+;;;. The number of fused-ring (bicyclic) bond motifs is 1. The molecule has 7 aromatic carbocycles. The van der Waals surface area contributed by atoms with Crippen molar-refractivity contribution < 1.29 is 0 Å². The Morgan fingerprint density at radius 1 is 0.653 bits per heavy atom. The van der Waals surface area contributed by atoms with Gasteiger partial charge in [0.1, 0.15) is 0 Å². The average molecular weight is 954 g/mol. The third-order valence-corrected chi connectivity index (χ3v) is 12.9. The van der Waals surface area contributed by atoms with Gasteiger partial charge in [-0.3, -0.25) is 0 Å². The Kier molecular flexibility index (Phi) is 27.1. The van der Waals surface area contributed by atoms with Crippen LogP contribution in [0, 0.1) is 6.92 Å². The highest BCUT2D eigenvalue weighted by molar-refractivity contribution is 6.02. The van der Waals surface area contributed by atoms with E-state index in [9.17, 15) is 0 Å². The predicted molar refractivity (Wildman–Crippen MR) is 325 cm³/mol. The molecule has 7 rings (SSSR count). The number of hydrogen-bond acceptors (Lipinski definition) is 1. The average Bonchev–Trinajstić information content (AvgIpc) is 3.43. The zero-order valence-corrected chi connectivity index (χ0v) is 46.2. The summed E-state index contributed by atoms with van der Waals surface area (Å²) >= 11 is 0. The number of aryl methyl sites for hydroxylation is 2. The fraction of sp³-hybridized carbons (Fsp3) is 0.268. The molecule has 1 nitrogen and oxygen atoms in total. The van der Waals surface area contributed by atoms with Gasteiger partial charge in [0, 0.05) is 11.6 Å². The Hall–Kier alpha value is -6.96. The second-order valence-corrected chi connectivity index (χ2v) is 17.9. The predicted octanol–water partition coefficient (Wildman–Crippen LogP) is 20.8. The smallest absolute Gasteiger partial charge is 0.0241 e. The van der Waals surface area contributed by atoms with E-state index in [1.807, 2.05) is 45.9 Å². The van der Waals surface area contributed by atoms with E-state index < -0.39 is 0 Å². The van der Waals surface area contributed by atoms with Gasteiger partial charge in [0.15, 0.2) is 0 Å². The van der Waals surface area contributed by atoms with Crippen molar-refractivity contribution in [1.29, 1.82) is 0 Å². The fourth-order valence-corrected chi connectivity index (χ4v) is 8.71. The fourth-order valence-electron chi connectivity index (χ4n) is 8.71. The van der Waals surface area contributed by atoms with E-state index in [0.29, 0.717) is 17.5 Å². The van der Waals surface area contributed by atoms with E-state index in [4.69, 9.17) is 5.73 Å². The number of benzene rings is 7. The van der Waals surface area contributed by atoms with Gasteiger partial charge in [-0.05, 0) is 155 Å². The van der Waals surface area contributed by atoms with Gasteiger partial charge in [0.05, 0.1) is 0 Å². The minimum atomic E-state index is 0.314. The molecule has 0 radical (unpaired) electrons. The van der Waals surface area contributed by atoms with Crippen molar-refractivity contribution in [2.24, 2.45) is 5.73 Å². The van der Waals surface area contributed by atoms with Gasteiger partial charge in [-0.25, -0.2) is 0 Å². The summed E-state index contributed by atoms with van der Waals surface area (Å²) in [5, 5.41) is 2.56. The van der Waals surface area contributed by atoms with Crippen LogP contribution in [0.2, 0.25) is 0 Å². The van der Waals surface area contributed by atoms with Gasteiger partial charge in [-0.2, -0.15) is 0 Å². The minimum absolute atomic E-state index is 0.314. The second kappa shape index (κ2) is 32.8. The molecule has 0 amide bonds. The van der Waals surface area contributed by atoms with Crippen molar-refractivity contribution in [2.75, 3.05) is 0 Å². The van der Waals surface area contributed by atoms with E-state index in [1.54, 1.807) is 0 Å². The molecule has 2 atom stereocenters. The van der Waals surface area contributed by atoms with E-state index in [-0.39, 0.29) is 0 Å². The van der Waals surface area contributed by atoms with Crippen LogP contribution in [0.1, 0.15) is 163 Å². The minimum Gasteiger partial charge on any atom is -0.399 e. The maximum Gasteiger partial charge on any atom is 0.0241 e. The molecule has 0 fully saturated rings.